The van der Waals surface area contributed by atoms with Crippen molar-refractivity contribution in [3.8, 4) is 5.75 Å². The first-order valence-electron chi connectivity index (χ1n) is 5.84. The maximum absolute atomic E-state index is 11.7. The fourth-order valence-electron chi connectivity index (χ4n) is 2.15. The monoisotopic (exact) mass is 262 g/mol. The number of nitrogens with one attached hydrogen (secondary N) is 1. The summed E-state index contributed by atoms with van der Waals surface area (Å²) in [6.45, 7) is 0. The van der Waals surface area contributed by atoms with Crippen LogP contribution in [0.4, 0.5) is 0 Å². The number of hydrogen-bond donors (Lipinski definition) is 0. The van der Waals surface area contributed by atoms with Crippen molar-refractivity contribution in [3.63, 3.8) is 0 Å². The number of H-pyrrole nitrogens is 1. The van der Waals surface area contributed by atoms with E-state index in [2.05, 4.69) is 23.2 Å². The van der Waals surface area contributed by atoms with E-state index in [0.29, 0.717) is 5.52 Å². The number of fused-ring (bicyclic) bond motifs is 1. The molecule has 0 atom stereocenters. The van der Waals surface area contributed by atoms with Crippen LogP contribution in [0.5, 0.6) is 5.75 Å². The second kappa shape index (κ2) is 6.13. The Morgan fingerprint density at radius 1 is 1.06 bits per heavy atom. The number of benzene rings is 1. The van der Waals surface area contributed by atoms with Crippen molar-refractivity contribution in [2.45, 2.75) is 12.8 Å². The molecular weight excluding hydrogens is 249 g/mol. The van der Waals surface area contributed by atoms with Crippen LogP contribution in [0.15, 0.2) is 48.6 Å². The maximum Gasteiger partial charge on any atom is 1.00 e. The Morgan fingerprint density at radius 3 is 2.72 bits per heavy atom. The zero-order valence-corrected chi connectivity index (χ0v) is 13.6. The van der Waals surface area contributed by atoms with Gasteiger partial charge in [0, 0.05) is 17.0 Å². The van der Waals surface area contributed by atoms with Crippen molar-refractivity contribution in [2.24, 2.45) is 0 Å². The van der Waals surface area contributed by atoms with Gasteiger partial charge in [0.25, 0.3) is 0 Å². The zero-order chi connectivity index (χ0) is 11.7. The van der Waals surface area contributed by atoms with Crippen LogP contribution in [0, 0.1) is 0 Å². The summed E-state index contributed by atoms with van der Waals surface area (Å²) in [4.78, 5) is 3.23. The number of pyridine rings is 1. The SMILES string of the molecule is [K+].[O-]c1cccc2ccc(C3=CCCC=C3)[nH+]c12. The molecule has 0 radical (unpaired) electrons. The molecule has 0 unspecified atom stereocenters. The summed E-state index contributed by atoms with van der Waals surface area (Å²) in [5.41, 5.74) is 2.86. The molecule has 0 saturated carbocycles. The Hall–Kier alpha value is -0.454. The number of hydrogen-bond acceptors (Lipinski definition) is 1. The average Bonchev–Trinajstić information content (AvgIpc) is 2.40. The second-order valence-corrected chi connectivity index (χ2v) is 4.23. The van der Waals surface area contributed by atoms with E-state index in [1.165, 1.54) is 5.57 Å². The van der Waals surface area contributed by atoms with Crippen LogP contribution in [-0.4, -0.2) is 0 Å². The summed E-state index contributed by atoms with van der Waals surface area (Å²) in [5.74, 6) is 0.0461. The molecule has 84 valence electrons. The van der Waals surface area contributed by atoms with Gasteiger partial charge in [0.05, 0.1) is 0 Å². The molecule has 0 fully saturated rings. The van der Waals surface area contributed by atoms with Gasteiger partial charge < -0.3 is 5.11 Å². The minimum atomic E-state index is 0. The fraction of sp³-hybridized carbons (Fsp3) is 0.133. The molecule has 1 aliphatic carbocycles. The van der Waals surface area contributed by atoms with Gasteiger partial charge in [0.1, 0.15) is 0 Å². The van der Waals surface area contributed by atoms with Crippen LogP contribution in [-0.2, 0) is 0 Å². The van der Waals surface area contributed by atoms with Crippen LogP contribution in [0.1, 0.15) is 18.5 Å². The molecule has 1 heterocycles. The molecule has 3 rings (SSSR count). The Bertz CT molecular complexity index is 631. The van der Waals surface area contributed by atoms with Crippen LogP contribution in [0.3, 0.4) is 0 Å². The number of allylic oxidation sites excluding steroid dienone is 4. The van der Waals surface area contributed by atoms with Crippen molar-refractivity contribution in [1.82, 2.24) is 0 Å². The number of aromatic nitrogens is 1. The van der Waals surface area contributed by atoms with E-state index in [1.54, 1.807) is 12.1 Å². The largest absolute Gasteiger partial charge is 1.00 e. The van der Waals surface area contributed by atoms with Gasteiger partial charge in [0.15, 0.2) is 0 Å². The van der Waals surface area contributed by atoms with E-state index in [9.17, 15) is 5.11 Å². The Kier molecular flexibility index (Phi) is 4.75. The van der Waals surface area contributed by atoms with E-state index >= 15 is 0 Å². The maximum atomic E-state index is 11.7. The molecular formula is C15H13KNO+. The first-order valence-corrected chi connectivity index (χ1v) is 5.84. The summed E-state index contributed by atoms with van der Waals surface area (Å²) in [6, 6.07) is 9.35. The molecule has 3 heteroatoms. The number of rotatable bonds is 1. The van der Waals surface area contributed by atoms with Gasteiger partial charge in [-0.1, -0.05) is 30.4 Å². The van der Waals surface area contributed by atoms with Gasteiger partial charge in [-0.2, -0.15) is 0 Å². The third-order valence-electron chi connectivity index (χ3n) is 3.05. The van der Waals surface area contributed by atoms with E-state index in [1.807, 2.05) is 18.2 Å². The van der Waals surface area contributed by atoms with Gasteiger partial charge in [-0.15, -0.1) is 0 Å². The van der Waals surface area contributed by atoms with Gasteiger partial charge in [-0.05, 0) is 30.7 Å². The predicted octanol–water partition coefficient (Wildman–Crippen LogP) is -0.535. The normalized spacial score (nSPS) is 14.1. The van der Waals surface area contributed by atoms with E-state index < -0.39 is 0 Å². The number of aromatic amines is 1. The molecule has 1 aromatic carbocycles. The minimum absolute atomic E-state index is 0. The summed E-state index contributed by atoms with van der Waals surface area (Å²) < 4.78 is 0. The zero-order valence-electron chi connectivity index (χ0n) is 10.4. The molecule has 2 aromatic rings. The quantitative estimate of drug-likeness (QED) is 0.636. The van der Waals surface area contributed by atoms with Crippen LogP contribution >= 0.6 is 0 Å². The molecule has 0 amide bonds. The van der Waals surface area contributed by atoms with Gasteiger partial charge in [0.2, 0.25) is 11.2 Å². The molecule has 1 aliphatic rings. The smallest absolute Gasteiger partial charge is 0.868 e. The molecule has 18 heavy (non-hydrogen) atoms. The predicted molar refractivity (Wildman–Crippen MR) is 66.3 cm³/mol. The van der Waals surface area contributed by atoms with Crippen LogP contribution < -0.4 is 61.5 Å². The summed E-state index contributed by atoms with van der Waals surface area (Å²) in [5, 5.41) is 12.7. The topological polar surface area (TPSA) is 37.2 Å². The second-order valence-electron chi connectivity index (χ2n) is 4.23. The van der Waals surface area contributed by atoms with Gasteiger partial charge in [-0.3, -0.25) is 0 Å². The van der Waals surface area contributed by atoms with Crippen molar-refractivity contribution in [3.05, 3.63) is 54.3 Å². The molecule has 0 spiro atoms. The molecule has 1 N–H and O–H groups in total. The third kappa shape index (κ3) is 2.76. The van der Waals surface area contributed by atoms with E-state index in [0.717, 1.165) is 23.9 Å². The molecule has 1 aromatic heterocycles. The molecule has 0 saturated heterocycles. The minimum Gasteiger partial charge on any atom is -0.868 e. The molecule has 2 nitrogen and oxygen atoms in total. The molecule has 0 bridgehead atoms. The van der Waals surface area contributed by atoms with Crippen molar-refractivity contribution >= 4 is 16.5 Å². The summed E-state index contributed by atoms with van der Waals surface area (Å²) >= 11 is 0. The van der Waals surface area contributed by atoms with Crippen molar-refractivity contribution in [1.29, 1.82) is 0 Å². The van der Waals surface area contributed by atoms with Crippen molar-refractivity contribution < 1.29 is 61.5 Å². The fourth-order valence-corrected chi connectivity index (χ4v) is 2.15. The summed E-state index contributed by atoms with van der Waals surface area (Å²) in [6.07, 6.45) is 8.64. The van der Waals surface area contributed by atoms with E-state index in [4.69, 9.17) is 0 Å². The third-order valence-corrected chi connectivity index (χ3v) is 3.05. The summed E-state index contributed by atoms with van der Waals surface area (Å²) in [7, 11) is 0. The van der Waals surface area contributed by atoms with E-state index in [-0.39, 0.29) is 57.1 Å². The Morgan fingerprint density at radius 2 is 1.94 bits per heavy atom. The standard InChI is InChI=1S/C15H13NO.K/c17-14-8-4-7-12-9-10-13(16-15(12)14)11-5-2-1-3-6-11;/h2,4-10,17H,1,3H2;/q;+1. The van der Waals surface area contributed by atoms with Crippen LogP contribution in [0.2, 0.25) is 0 Å². The van der Waals surface area contributed by atoms with Crippen molar-refractivity contribution in [2.75, 3.05) is 0 Å². The molecule has 0 aliphatic heterocycles. The number of para-hydroxylation sites is 1. The first-order chi connectivity index (χ1) is 8.34. The van der Waals surface area contributed by atoms with Gasteiger partial charge >= 0.3 is 51.4 Å². The Labute approximate surface area is 149 Å². The first kappa shape index (κ1) is 14.0. The van der Waals surface area contributed by atoms with Gasteiger partial charge in [-0.25, -0.2) is 4.98 Å². The van der Waals surface area contributed by atoms with Crippen LogP contribution in [0.25, 0.3) is 16.5 Å². The Balaban J connectivity index is 0.00000120. The average molecular weight is 262 g/mol.